The number of benzene rings is 2. The second-order valence-electron chi connectivity index (χ2n) is 7.50. The van der Waals surface area contributed by atoms with Crippen LogP contribution in [0.5, 0.6) is 0 Å². The fourth-order valence-electron chi connectivity index (χ4n) is 3.24. The zero-order valence-electron chi connectivity index (χ0n) is 17.6. The number of aliphatic hydroxyl groups is 3. The molecule has 0 saturated heterocycles. The lowest BCUT2D eigenvalue weighted by Crippen LogP contribution is -2.46. The van der Waals surface area contributed by atoms with Gasteiger partial charge in [-0.3, -0.25) is 4.79 Å². The van der Waals surface area contributed by atoms with Crippen molar-refractivity contribution in [3.63, 3.8) is 0 Å². The summed E-state index contributed by atoms with van der Waals surface area (Å²) in [7, 11) is 0. The van der Waals surface area contributed by atoms with Gasteiger partial charge in [0.15, 0.2) is 17.1 Å². The molecule has 0 bridgehead atoms. The highest BCUT2D eigenvalue weighted by Gasteiger charge is 2.43. The Balaban J connectivity index is 1.74. The van der Waals surface area contributed by atoms with Gasteiger partial charge in [-0.2, -0.15) is 0 Å². The van der Waals surface area contributed by atoms with Crippen LogP contribution in [-0.4, -0.2) is 38.5 Å². The summed E-state index contributed by atoms with van der Waals surface area (Å²) in [6.45, 7) is 2.36. The van der Waals surface area contributed by atoms with Crippen LogP contribution in [0.2, 0.25) is 0 Å². The van der Waals surface area contributed by atoms with Crippen LogP contribution in [-0.2, 0) is 29.2 Å². The largest absolute Gasteiger partial charge is 0.388 e. The summed E-state index contributed by atoms with van der Waals surface area (Å²) < 4.78 is 10.7. The smallest absolute Gasteiger partial charge is 0.192 e. The van der Waals surface area contributed by atoms with Crippen molar-refractivity contribution in [2.45, 2.75) is 45.2 Å². The minimum atomic E-state index is -1.74. The van der Waals surface area contributed by atoms with Crippen molar-refractivity contribution in [3.05, 3.63) is 77.2 Å². The number of hydrogen-bond donors (Lipinski definition) is 3. The number of rotatable bonds is 10. The van der Waals surface area contributed by atoms with Crippen molar-refractivity contribution in [3.8, 4) is 11.1 Å². The van der Waals surface area contributed by atoms with Crippen molar-refractivity contribution in [2.75, 3.05) is 6.61 Å². The lowest BCUT2D eigenvalue weighted by atomic mass is 9.91. The predicted molar refractivity (Wildman–Crippen MR) is 114 cm³/mol. The highest BCUT2D eigenvalue weighted by molar-refractivity contribution is 5.88. The number of Topliss-reactive ketones (excluding diaryl/α,β-unsaturated/α-hetero) is 1. The molecule has 0 aliphatic carbocycles. The van der Waals surface area contributed by atoms with Gasteiger partial charge in [-0.15, -0.1) is 0 Å². The van der Waals surface area contributed by atoms with Crippen molar-refractivity contribution in [2.24, 2.45) is 0 Å². The first-order valence-corrected chi connectivity index (χ1v) is 10.1. The topological polar surface area (TPSA) is 113 Å². The summed E-state index contributed by atoms with van der Waals surface area (Å²) in [6.07, 6.45) is -0.490. The Morgan fingerprint density at radius 1 is 1.06 bits per heavy atom. The molecular formula is C24H27NO6. The van der Waals surface area contributed by atoms with E-state index >= 15 is 0 Å². The average Bonchev–Trinajstić information content (AvgIpc) is 3.31. The second kappa shape index (κ2) is 9.98. The van der Waals surface area contributed by atoms with Crippen LogP contribution in [0, 0.1) is 0 Å². The Hall–Kier alpha value is -2.84. The first kappa shape index (κ1) is 22.8. The molecule has 1 aromatic heterocycles. The molecule has 3 N–H and O–H groups in total. The van der Waals surface area contributed by atoms with Gasteiger partial charge in [-0.1, -0.05) is 60.6 Å². The molecule has 0 aliphatic heterocycles. The summed E-state index contributed by atoms with van der Waals surface area (Å²) in [5.74, 6) is -0.545. The van der Waals surface area contributed by atoms with E-state index in [1.54, 1.807) is 0 Å². The van der Waals surface area contributed by atoms with Crippen LogP contribution >= 0.6 is 0 Å². The van der Waals surface area contributed by atoms with E-state index in [1.807, 2.05) is 24.3 Å². The van der Waals surface area contributed by atoms with Gasteiger partial charge >= 0.3 is 0 Å². The summed E-state index contributed by atoms with van der Waals surface area (Å²) >= 11 is 0. The lowest BCUT2D eigenvalue weighted by molar-refractivity contribution is -0.166. The molecule has 1 heterocycles. The van der Waals surface area contributed by atoms with Gasteiger partial charge in [0.05, 0.1) is 6.61 Å². The standard InChI is InChI=1S/C24H27NO6/c1-3-16-4-8-18(9-5-16)19-10-6-17(7-11-19)15-30-24(2,22(28)14-27)23(29)21-12-20(13-26)31-25-21/h4-12,23,26-27,29H,3,13-15H2,1-2H3/t23-,24+/m0/s1. The zero-order chi connectivity index (χ0) is 22.4. The van der Waals surface area contributed by atoms with Gasteiger partial charge in [0.2, 0.25) is 0 Å². The maximum Gasteiger partial charge on any atom is 0.192 e. The molecule has 7 nitrogen and oxygen atoms in total. The van der Waals surface area contributed by atoms with E-state index in [0.29, 0.717) is 0 Å². The molecule has 0 fully saturated rings. The molecule has 7 heteroatoms. The minimum Gasteiger partial charge on any atom is -0.388 e. The van der Waals surface area contributed by atoms with E-state index in [2.05, 4.69) is 36.3 Å². The number of aromatic nitrogens is 1. The number of ether oxygens (including phenoxy) is 1. The maximum absolute atomic E-state index is 12.4. The Morgan fingerprint density at radius 3 is 2.13 bits per heavy atom. The molecule has 0 aliphatic rings. The number of hydrogen-bond acceptors (Lipinski definition) is 7. The number of aryl methyl sites for hydroxylation is 1. The third-order valence-electron chi connectivity index (χ3n) is 5.42. The minimum absolute atomic E-state index is 0.0407. The average molecular weight is 425 g/mol. The van der Waals surface area contributed by atoms with E-state index in [9.17, 15) is 15.0 Å². The molecule has 2 aromatic carbocycles. The van der Waals surface area contributed by atoms with Gasteiger partial charge in [-0.25, -0.2) is 0 Å². The third kappa shape index (κ3) is 5.08. The van der Waals surface area contributed by atoms with E-state index < -0.39 is 30.7 Å². The number of ketones is 1. The van der Waals surface area contributed by atoms with E-state index in [1.165, 1.54) is 18.6 Å². The van der Waals surface area contributed by atoms with Crippen molar-refractivity contribution >= 4 is 5.78 Å². The molecule has 164 valence electrons. The van der Waals surface area contributed by atoms with Crippen LogP contribution in [0.4, 0.5) is 0 Å². The molecule has 3 aromatic rings. The van der Waals surface area contributed by atoms with Gasteiger partial charge < -0.3 is 24.6 Å². The zero-order valence-corrected chi connectivity index (χ0v) is 17.6. The Bertz CT molecular complexity index is 996. The van der Waals surface area contributed by atoms with Gasteiger partial charge in [-0.05, 0) is 35.6 Å². The molecular weight excluding hydrogens is 398 g/mol. The molecule has 31 heavy (non-hydrogen) atoms. The molecule has 0 spiro atoms. The molecule has 3 rings (SSSR count). The molecule has 0 radical (unpaired) electrons. The number of carbonyl (C=O) groups excluding carboxylic acids is 1. The highest BCUT2D eigenvalue weighted by atomic mass is 16.5. The lowest BCUT2D eigenvalue weighted by Gasteiger charge is -2.31. The normalized spacial score (nSPS) is 14.2. The first-order chi connectivity index (χ1) is 14.9. The van der Waals surface area contributed by atoms with Gasteiger partial charge in [0.1, 0.15) is 25.0 Å². The molecule has 0 unspecified atom stereocenters. The van der Waals surface area contributed by atoms with E-state index in [0.717, 1.165) is 23.1 Å². The molecule has 0 amide bonds. The van der Waals surface area contributed by atoms with Crippen molar-refractivity contribution < 1.29 is 29.4 Å². The quantitative estimate of drug-likeness (QED) is 0.458. The fourth-order valence-corrected chi connectivity index (χ4v) is 3.24. The van der Waals surface area contributed by atoms with Crippen molar-refractivity contribution in [1.82, 2.24) is 5.16 Å². The van der Waals surface area contributed by atoms with Gasteiger partial charge in [0.25, 0.3) is 0 Å². The van der Waals surface area contributed by atoms with E-state index in [4.69, 9.17) is 14.4 Å². The van der Waals surface area contributed by atoms with Crippen LogP contribution in [0.1, 0.15) is 42.5 Å². The second-order valence-corrected chi connectivity index (χ2v) is 7.50. The molecule has 0 saturated carbocycles. The number of aliphatic hydroxyl groups excluding tert-OH is 3. The summed E-state index contributed by atoms with van der Waals surface area (Å²) in [6, 6.07) is 17.4. The highest BCUT2D eigenvalue weighted by Crippen LogP contribution is 2.31. The number of nitrogens with zero attached hydrogens (tertiary/aromatic N) is 1. The third-order valence-corrected chi connectivity index (χ3v) is 5.42. The Labute approximate surface area is 180 Å². The van der Waals surface area contributed by atoms with Gasteiger partial charge in [0, 0.05) is 6.07 Å². The van der Waals surface area contributed by atoms with Crippen LogP contribution in [0.15, 0.2) is 59.1 Å². The van der Waals surface area contributed by atoms with E-state index in [-0.39, 0.29) is 18.1 Å². The maximum atomic E-state index is 12.4. The summed E-state index contributed by atoms with van der Waals surface area (Å²) in [5, 5.41) is 32.9. The Morgan fingerprint density at radius 2 is 1.65 bits per heavy atom. The number of carbonyl (C=O) groups is 1. The summed E-state index contributed by atoms with van der Waals surface area (Å²) in [4.78, 5) is 12.4. The van der Waals surface area contributed by atoms with Crippen LogP contribution < -0.4 is 0 Å². The SMILES string of the molecule is CCc1ccc(-c2ccc(CO[C@](C)(C(=O)CO)[C@@H](O)c3cc(CO)on3)cc2)cc1. The first-order valence-electron chi connectivity index (χ1n) is 10.1. The monoisotopic (exact) mass is 425 g/mol. The van der Waals surface area contributed by atoms with Crippen molar-refractivity contribution in [1.29, 1.82) is 0 Å². The Kier molecular flexibility index (Phi) is 7.35. The summed E-state index contributed by atoms with van der Waals surface area (Å²) in [5.41, 5.74) is 2.53. The van der Waals surface area contributed by atoms with Crippen LogP contribution in [0.25, 0.3) is 11.1 Å². The fraction of sp³-hybridized carbons (Fsp3) is 0.333. The predicted octanol–water partition coefficient (Wildman–Crippen LogP) is 2.97. The van der Waals surface area contributed by atoms with Crippen LogP contribution in [0.3, 0.4) is 0 Å². The molecule has 2 atom stereocenters.